The number of hydrogen-bond acceptors (Lipinski definition) is 4. The van der Waals surface area contributed by atoms with E-state index in [0.717, 1.165) is 25.2 Å². The van der Waals surface area contributed by atoms with Gasteiger partial charge < -0.3 is 9.80 Å². The van der Waals surface area contributed by atoms with E-state index >= 15 is 0 Å². The van der Waals surface area contributed by atoms with Crippen LogP contribution in [0.3, 0.4) is 0 Å². The Morgan fingerprint density at radius 1 is 1.29 bits per heavy atom. The standard InChI is InChI=1S/C19H26N4O/c1-21-11-6-9-17(21)10-12-23-19(24)13-18(14-20-23)22(2)15-16-7-4-3-5-8-16/h3-5,7-8,13-14,17H,6,9-12,15H2,1-2H3. The predicted octanol–water partition coefficient (Wildman–Crippen LogP) is 2.36. The molecule has 5 nitrogen and oxygen atoms in total. The fourth-order valence-corrected chi connectivity index (χ4v) is 3.36. The molecule has 2 heterocycles. The molecule has 1 fully saturated rings. The second-order valence-electron chi connectivity index (χ2n) is 6.68. The molecule has 0 radical (unpaired) electrons. The van der Waals surface area contributed by atoms with Crippen molar-refractivity contribution >= 4 is 5.69 Å². The first kappa shape index (κ1) is 16.7. The fraction of sp³-hybridized carbons (Fsp3) is 0.474. The third kappa shape index (κ3) is 4.03. The zero-order valence-electron chi connectivity index (χ0n) is 14.6. The van der Waals surface area contributed by atoms with Gasteiger partial charge in [0.05, 0.1) is 11.9 Å². The summed E-state index contributed by atoms with van der Waals surface area (Å²) in [6.45, 7) is 2.62. The highest BCUT2D eigenvalue weighted by molar-refractivity contribution is 5.42. The van der Waals surface area contributed by atoms with Crippen LogP contribution in [0.2, 0.25) is 0 Å². The van der Waals surface area contributed by atoms with Crippen molar-refractivity contribution in [1.82, 2.24) is 14.7 Å². The van der Waals surface area contributed by atoms with Crippen LogP contribution in [0.5, 0.6) is 0 Å². The minimum absolute atomic E-state index is 0.0203. The summed E-state index contributed by atoms with van der Waals surface area (Å²) in [6.07, 6.45) is 5.27. The predicted molar refractivity (Wildman–Crippen MR) is 97.3 cm³/mol. The Balaban J connectivity index is 1.62. The SMILES string of the molecule is CN(Cc1ccccc1)c1cnn(CCC2CCCN2C)c(=O)c1. The van der Waals surface area contributed by atoms with Crippen molar-refractivity contribution in [3.8, 4) is 0 Å². The van der Waals surface area contributed by atoms with Crippen LogP contribution in [0.1, 0.15) is 24.8 Å². The summed E-state index contributed by atoms with van der Waals surface area (Å²) in [5.41, 5.74) is 2.06. The van der Waals surface area contributed by atoms with Gasteiger partial charge in [-0.2, -0.15) is 5.10 Å². The molecular weight excluding hydrogens is 300 g/mol. The van der Waals surface area contributed by atoms with Gasteiger partial charge in [-0.15, -0.1) is 0 Å². The normalized spacial score (nSPS) is 18.0. The fourth-order valence-electron chi connectivity index (χ4n) is 3.36. The van der Waals surface area contributed by atoms with Crippen molar-refractivity contribution in [2.45, 2.75) is 38.4 Å². The summed E-state index contributed by atoms with van der Waals surface area (Å²) in [5, 5.41) is 4.37. The number of aromatic nitrogens is 2. The van der Waals surface area contributed by atoms with Crippen LogP contribution in [-0.4, -0.2) is 41.4 Å². The number of rotatable bonds is 6. The summed E-state index contributed by atoms with van der Waals surface area (Å²) in [5.74, 6) is 0. The lowest BCUT2D eigenvalue weighted by atomic mass is 10.1. The number of aryl methyl sites for hydroxylation is 1. The van der Waals surface area contributed by atoms with Gasteiger partial charge in [-0.05, 0) is 38.4 Å². The summed E-state index contributed by atoms with van der Waals surface area (Å²) in [7, 11) is 4.15. The molecule has 1 aliphatic heterocycles. The van der Waals surface area contributed by atoms with E-state index in [1.54, 1.807) is 16.9 Å². The van der Waals surface area contributed by atoms with E-state index in [2.05, 4.69) is 34.1 Å². The van der Waals surface area contributed by atoms with E-state index in [1.807, 2.05) is 25.2 Å². The van der Waals surface area contributed by atoms with Crippen molar-refractivity contribution in [3.05, 3.63) is 58.5 Å². The Bertz CT molecular complexity index is 713. The average Bonchev–Trinajstić information content (AvgIpc) is 2.99. The molecule has 0 spiro atoms. The monoisotopic (exact) mass is 326 g/mol. The minimum Gasteiger partial charge on any atom is -0.369 e. The molecule has 0 bridgehead atoms. The van der Waals surface area contributed by atoms with Crippen LogP contribution in [-0.2, 0) is 13.1 Å². The summed E-state index contributed by atoms with van der Waals surface area (Å²) < 4.78 is 1.59. The van der Waals surface area contributed by atoms with Crippen LogP contribution in [0.15, 0.2) is 47.4 Å². The van der Waals surface area contributed by atoms with Crippen LogP contribution >= 0.6 is 0 Å². The van der Waals surface area contributed by atoms with Gasteiger partial charge in [0.15, 0.2) is 0 Å². The number of benzene rings is 1. The molecule has 24 heavy (non-hydrogen) atoms. The van der Waals surface area contributed by atoms with Crippen LogP contribution in [0, 0.1) is 0 Å². The Kier molecular flexibility index (Phi) is 5.30. The maximum absolute atomic E-state index is 12.3. The molecular formula is C19H26N4O. The number of hydrogen-bond donors (Lipinski definition) is 0. The van der Waals surface area contributed by atoms with Crippen molar-refractivity contribution in [1.29, 1.82) is 0 Å². The highest BCUT2D eigenvalue weighted by Crippen LogP contribution is 2.18. The molecule has 1 saturated heterocycles. The van der Waals surface area contributed by atoms with E-state index in [9.17, 15) is 4.79 Å². The second kappa shape index (κ2) is 7.62. The minimum atomic E-state index is -0.0203. The van der Waals surface area contributed by atoms with Crippen molar-refractivity contribution < 1.29 is 0 Å². The Morgan fingerprint density at radius 3 is 2.75 bits per heavy atom. The molecule has 0 saturated carbocycles. The first-order valence-electron chi connectivity index (χ1n) is 8.66. The molecule has 5 heteroatoms. The third-order valence-corrected chi connectivity index (χ3v) is 4.90. The molecule has 0 N–H and O–H groups in total. The summed E-state index contributed by atoms with van der Waals surface area (Å²) in [6, 6.07) is 12.5. The summed E-state index contributed by atoms with van der Waals surface area (Å²) in [4.78, 5) is 16.8. The maximum Gasteiger partial charge on any atom is 0.268 e. The molecule has 0 aliphatic carbocycles. The first-order valence-corrected chi connectivity index (χ1v) is 8.66. The van der Waals surface area contributed by atoms with E-state index in [1.165, 1.54) is 18.4 Å². The maximum atomic E-state index is 12.3. The van der Waals surface area contributed by atoms with E-state index in [4.69, 9.17) is 0 Å². The van der Waals surface area contributed by atoms with Crippen molar-refractivity contribution in [3.63, 3.8) is 0 Å². The molecule has 1 aliphatic rings. The quantitative estimate of drug-likeness (QED) is 0.817. The van der Waals surface area contributed by atoms with Crippen molar-refractivity contribution in [2.24, 2.45) is 0 Å². The Morgan fingerprint density at radius 2 is 2.08 bits per heavy atom. The second-order valence-corrected chi connectivity index (χ2v) is 6.68. The van der Waals surface area contributed by atoms with E-state index in [0.29, 0.717) is 12.6 Å². The van der Waals surface area contributed by atoms with Gasteiger partial charge in [0.1, 0.15) is 0 Å². The number of likely N-dealkylation sites (tertiary alicyclic amines) is 1. The molecule has 0 amide bonds. The molecule has 1 unspecified atom stereocenters. The van der Waals surface area contributed by atoms with Gasteiger partial charge >= 0.3 is 0 Å². The Hall–Kier alpha value is -2.14. The molecule has 3 rings (SSSR count). The highest BCUT2D eigenvalue weighted by atomic mass is 16.1. The van der Waals surface area contributed by atoms with Crippen LogP contribution in [0.25, 0.3) is 0 Å². The zero-order valence-corrected chi connectivity index (χ0v) is 14.6. The zero-order chi connectivity index (χ0) is 16.9. The summed E-state index contributed by atoms with van der Waals surface area (Å²) >= 11 is 0. The lowest BCUT2D eigenvalue weighted by molar-refractivity contribution is 0.281. The van der Waals surface area contributed by atoms with Crippen LogP contribution in [0.4, 0.5) is 5.69 Å². The van der Waals surface area contributed by atoms with Gasteiger partial charge in [-0.3, -0.25) is 4.79 Å². The van der Waals surface area contributed by atoms with Crippen molar-refractivity contribution in [2.75, 3.05) is 25.5 Å². The highest BCUT2D eigenvalue weighted by Gasteiger charge is 2.20. The lowest BCUT2D eigenvalue weighted by Gasteiger charge is -2.20. The van der Waals surface area contributed by atoms with Crippen LogP contribution < -0.4 is 10.5 Å². The topological polar surface area (TPSA) is 41.4 Å². The molecule has 1 atom stereocenters. The Labute approximate surface area is 143 Å². The third-order valence-electron chi connectivity index (χ3n) is 4.90. The number of nitrogens with zero attached hydrogens (tertiary/aromatic N) is 4. The molecule has 1 aromatic carbocycles. The van der Waals surface area contributed by atoms with E-state index in [-0.39, 0.29) is 5.56 Å². The molecule has 1 aromatic heterocycles. The smallest absolute Gasteiger partial charge is 0.268 e. The van der Waals surface area contributed by atoms with Gasteiger partial charge in [0.2, 0.25) is 0 Å². The molecule has 2 aromatic rings. The largest absolute Gasteiger partial charge is 0.369 e. The molecule has 128 valence electrons. The van der Waals surface area contributed by atoms with E-state index < -0.39 is 0 Å². The van der Waals surface area contributed by atoms with Gasteiger partial charge in [-0.1, -0.05) is 30.3 Å². The first-order chi connectivity index (χ1) is 11.6. The van der Waals surface area contributed by atoms with Gasteiger partial charge in [-0.25, -0.2) is 4.68 Å². The average molecular weight is 326 g/mol. The van der Waals surface area contributed by atoms with Gasteiger partial charge in [0.25, 0.3) is 5.56 Å². The number of anilines is 1. The van der Waals surface area contributed by atoms with Gasteiger partial charge in [0, 0.05) is 32.2 Å². The lowest BCUT2D eigenvalue weighted by Crippen LogP contribution is -2.30.